The number of carbonyl (C=O) groups is 1. The number of halogens is 1. The van der Waals surface area contributed by atoms with Gasteiger partial charge in [-0.05, 0) is 43.9 Å². The van der Waals surface area contributed by atoms with Gasteiger partial charge in [0.05, 0.1) is 0 Å². The third-order valence-electron chi connectivity index (χ3n) is 3.88. The summed E-state index contributed by atoms with van der Waals surface area (Å²) in [6.07, 6.45) is 3.44. The molecule has 0 aliphatic carbocycles. The van der Waals surface area contributed by atoms with Gasteiger partial charge in [0.2, 0.25) is 0 Å². The average molecular weight is 277 g/mol. The zero-order valence-corrected chi connectivity index (χ0v) is 11.8. The van der Waals surface area contributed by atoms with Crippen molar-refractivity contribution in [1.82, 2.24) is 9.88 Å². The number of aryl methyl sites for hydroxylation is 1. The quantitative estimate of drug-likeness (QED) is 0.846. The molecule has 1 aliphatic rings. The van der Waals surface area contributed by atoms with Gasteiger partial charge in [0.15, 0.2) is 0 Å². The normalized spacial score (nSPS) is 16.0. The zero-order chi connectivity index (χ0) is 13.4. The van der Waals surface area contributed by atoms with Gasteiger partial charge in [-0.2, -0.15) is 0 Å². The molecule has 2 aromatic rings. The van der Waals surface area contributed by atoms with E-state index in [2.05, 4.69) is 4.98 Å². The van der Waals surface area contributed by atoms with Crippen molar-refractivity contribution in [2.75, 3.05) is 13.1 Å². The van der Waals surface area contributed by atoms with Gasteiger partial charge < -0.3 is 9.88 Å². The van der Waals surface area contributed by atoms with Crippen LogP contribution in [-0.4, -0.2) is 28.9 Å². The number of carbonyl (C=O) groups excluding carboxylic acids is 1. The van der Waals surface area contributed by atoms with Gasteiger partial charge in [-0.15, -0.1) is 0 Å². The molecule has 0 unspecified atom stereocenters. The van der Waals surface area contributed by atoms with E-state index < -0.39 is 0 Å². The molecular formula is C15H17ClN2O. The van der Waals surface area contributed by atoms with Crippen LogP contribution in [0.4, 0.5) is 0 Å². The standard InChI is InChI=1S/C15H17ClN2O/c1-10-12-6-5-11(16)9-13(12)17-14(10)15(19)18-7-3-2-4-8-18/h5-6,9,17H,2-4,7-8H2,1H3. The molecule has 3 rings (SSSR count). The molecule has 4 heteroatoms. The Morgan fingerprint density at radius 1 is 1.26 bits per heavy atom. The monoisotopic (exact) mass is 276 g/mol. The summed E-state index contributed by atoms with van der Waals surface area (Å²) in [6, 6.07) is 5.70. The fraction of sp³-hybridized carbons (Fsp3) is 0.400. The molecule has 19 heavy (non-hydrogen) atoms. The van der Waals surface area contributed by atoms with Crippen molar-refractivity contribution in [2.45, 2.75) is 26.2 Å². The molecule has 0 atom stereocenters. The summed E-state index contributed by atoms with van der Waals surface area (Å²) in [6.45, 7) is 3.73. The Morgan fingerprint density at radius 3 is 2.74 bits per heavy atom. The molecule has 3 nitrogen and oxygen atoms in total. The molecule has 0 radical (unpaired) electrons. The van der Waals surface area contributed by atoms with E-state index in [-0.39, 0.29) is 5.91 Å². The molecular weight excluding hydrogens is 260 g/mol. The highest BCUT2D eigenvalue weighted by molar-refractivity contribution is 6.31. The van der Waals surface area contributed by atoms with Crippen LogP contribution in [0.25, 0.3) is 10.9 Å². The third-order valence-corrected chi connectivity index (χ3v) is 4.11. The first-order chi connectivity index (χ1) is 9.16. The second-order valence-corrected chi connectivity index (χ2v) is 5.60. The van der Waals surface area contributed by atoms with Gasteiger partial charge in [0.25, 0.3) is 5.91 Å². The number of piperidine rings is 1. The van der Waals surface area contributed by atoms with Gasteiger partial charge in [-0.3, -0.25) is 4.79 Å². The second kappa shape index (κ2) is 4.89. The number of amides is 1. The molecule has 1 amide bonds. The van der Waals surface area contributed by atoms with Crippen LogP contribution >= 0.6 is 11.6 Å². The summed E-state index contributed by atoms with van der Waals surface area (Å²) in [4.78, 5) is 17.7. The lowest BCUT2D eigenvalue weighted by Gasteiger charge is -2.26. The Balaban J connectivity index is 2.00. The maximum atomic E-state index is 12.5. The average Bonchev–Trinajstić information content (AvgIpc) is 2.75. The number of nitrogens with zero attached hydrogens (tertiary/aromatic N) is 1. The SMILES string of the molecule is Cc1c(C(=O)N2CCCCC2)[nH]c2cc(Cl)ccc12. The first kappa shape index (κ1) is 12.5. The first-order valence-corrected chi connectivity index (χ1v) is 7.12. The second-order valence-electron chi connectivity index (χ2n) is 5.17. The number of H-pyrrole nitrogens is 1. The first-order valence-electron chi connectivity index (χ1n) is 6.74. The van der Waals surface area contributed by atoms with Gasteiger partial charge in [0, 0.05) is 29.0 Å². The number of aromatic nitrogens is 1. The Hall–Kier alpha value is -1.48. The van der Waals surface area contributed by atoms with Crippen molar-refractivity contribution in [3.8, 4) is 0 Å². The molecule has 1 N–H and O–H groups in total. The van der Waals surface area contributed by atoms with Crippen LogP contribution in [0.3, 0.4) is 0 Å². The molecule has 2 heterocycles. The maximum absolute atomic E-state index is 12.5. The molecule has 1 saturated heterocycles. The minimum Gasteiger partial charge on any atom is -0.350 e. The van der Waals surface area contributed by atoms with E-state index in [1.165, 1.54) is 6.42 Å². The maximum Gasteiger partial charge on any atom is 0.270 e. The van der Waals surface area contributed by atoms with Gasteiger partial charge in [-0.25, -0.2) is 0 Å². The molecule has 1 fully saturated rings. The van der Waals surface area contributed by atoms with Gasteiger partial charge in [-0.1, -0.05) is 17.7 Å². The Bertz CT molecular complexity index is 626. The fourth-order valence-corrected chi connectivity index (χ4v) is 2.95. The van der Waals surface area contributed by atoms with Gasteiger partial charge in [0.1, 0.15) is 5.69 Å². The number of benzene rings is 1. The summed E-state index contributed by atoms with van der Waals surface area (Å²) in [5, 5.41) is 1.76. The van der Waals surface area contributed by atoms with Crippen LogP contribution in [0.5, 0.6) is 0 Å². The fourth-order valence-electron chi connectivity index (χ4n) is 2.78. The molecule has 0 saturated carbocycles. The third kappa shape index (κ3) is 2.23. The summed E-state index contributed by atoms with van der Waals surface area (Å²) < 4.78 is 0. The summed E-state index contributed by atoms with van der Waals surface area (Å²) >= 11 is 5.99. The van der Waals surface area contributed by atoms with E-state index in [1.54, 1.807) is 0 Å². The number of fused-ring (bicyclic) bond motifs is 1. The molecule has 0 spiro atoms. The van der Waals surface area contributed by atoms with Crippen LogP contribution in [0.15, 0.2) is 18.2 Å². The number of aromatic amines is 1. The minimum absolute atomic E-state index is 0.115. The Morgan fingerprint density at radius 2 is 2.00 bits per heavy atom. The molecule has 0 bridgehead atoms. The number of nitrogens with one attached hydrogen (secondary N) is 1. The smallest absolute Gasteiger partial charge is 0.270 e. The van der Waals surface area contributed by atoms with Gasteiger partial charge >= 0.3 is 0 Å². The number of rotatable bonds is 1. The van der Waals surface area contributed by atoms with Crippen LogP contribution in [0, 0.1) is 6.92 Å². The largest absolute Gasteiger partial charge is 0.350 e. The minimum atomic E-state index is 0.115. The lowest BCUT2D eigenvalue weighted by atomic mass is 10.1. The number of likely N-dealkylation sites (tertiary alicyclic amines) is 1. The van der Waals surface area contributed by atoms with Crippen molar-refractivity contribution in [2.24, 2.45) is 0 Å². The lowest BCUT2D eigenvalue weighted by Crippen LogP contribution is -2.36. The summed E-state index contributed by atoms with van der Waals surface area (Å²) in [5.74, 6) is 0.115. The van der Waals surface area contributed by atoms with Crippen LogP contribution in [0.2, 0.25) is 5.02 Å². The van der Waals surface area contributed by atoms with Crippen LogP contribution in [-0.2, 0) is 0 Å². The predicted molar refractivity (Wildman–Crippen MR) is 77.8 cm³/mol. The summed E-state index contributed by atoms with van der Waals surface area (Å²) in [7, 11) is 0. The van der Waals surface area contributed by atoms with Crippen molar-refractivity contribution >= 4 is 28.4 Å². The Kier molecular flexibility index (Phi) is 3.23. The van der Waals surface area contributed by atoms with E-state index >= 15 is 0 Å². The molecule has 100 valence electrons. The highest BCUT2D eigenvalue weighted by atomic mass is 35.5. The highest BCUT2D eigenvalue weighted by Gasteiger charge is 2.22. The van der Waals surface area contributed by atoms with E-state index in [1.807, 2.05) is 30.0 Å². The predicted octanol–water partition coefficient (Wildman–Crippen LogP) is 3.76. The molecule has 1 aliphatic heterocycles. The number of hydrogen-bond acceptors (Lipinski definition) is 1. The zero-order valence-electron chi connectivity index (χ0n) is 11.0. The van der Waals surface area contributed by atoms with E-state index in [9.17, 15) is 4.79 Å². The van der Waals surface area contributed by atoms with Crippen molar-refractivity contribution in [1.29, 1.82) is 0 Å². The van der Waals surface area contributed by atoms with Crippen molar-refractivity contribution < 1.29 is 4.79 Å². The topological polar surface area (TPSA) is 36.1 Å². The van der Waals surface area contributed by atoms with E-state index in [0.29, 0.717) is 10.7 Å². The summed E-state index contributed by atoms with van der Waals surface area (Å²) in [5.41, 5.74) is 2.66. The molecule has 1 aromatic heterocycles. The van der Waals surface area contributed by atoms with Crippen molar-refractivity contribution in [3.63, 3.8) is 0 Å². The van der Waals surface area contributed by atoms with E-state index in [4.69, 9.17) is 11.6 Å². The van der Waals surface area contributed by atoms with Crippen LogP contribution < -0.4 is 0 Å². The number of hydrogen-bond donors (Lipinski definition) is 1. The molecule has 1 aromatic carbocycles. The van der Waals surface area contributed by atoms with Crippen LogP contribution in [0.1, 0.15) is 35.3 Å². The highest BCUT2D eigenvalue weighted by Crippen LogP contribution is 2.26. The van der Waals surface area contributed by atoms with E-state index in [0.717, 1.165) is 42.4 Å². The Labute approximate surface area is 117 Å². The lowest BCUT2D eigenvalue weighted by molar-refractivity contribution is 0.0718. The van der Waals surface area contributed by atoms with Crippen molar-refractivity contribution in [3.05, 3.63) is 34.5 Å².